The number of amides is 1. The summed E-state index contributed by atoms with van der Waals surface area (Å²) in [6.07, 6.45) is 1.43. The number of hydrazone groups is 1. The fourth-order valence-electron chi connectivity index (χ4n) is 2.28. The van der Waals surface area contributed by atoms with Gasteiger partial charge in [0, 0.05) is 10.6 Å². The standard InChI is InChI=1S/C21H13Cl3N2O3/c22-16-7-4-14(5-8-16)21(28)29-17-3-1-2-13(10-17)12-25-26-20(27)15-6-9-18(23)19(24)11-15/h1-12H,(H,26,27). The van der Waals surface area contributed by atoms with Crippen LogP contribution in [0.15, 0.2) is 71.8 Å². The van der Waals surface area contributed by atoms with Crippen LogP contribution in [-0.2, 0) is 0 Å². The van der Waals surface area contributed by atoms with E-state index in [2.05, 4.69) is 10.5 Å². The first-order valence-electron chi connectivity index (χ1n) is 8.28. The van der Waals surface area contributed by atoms with E-state index in [9.17, 15) is 9.59 Å². The van der Waals surface area contributed by atoms with Crippen molar-refractivity contribution in [1.82, 2.24) is 5.43 Å². The van der Waals surface area contributed by atoms with Crippen LogP contribution < -0.4 is 10.2 Å². The minimum atomic E-state index is -0.510. The summed E-state index contributed by atoms with van der Waals surface area (Å²) in [7, 11) is 0. The van der Waals surface area contributed by atoms with Crippen LogP contribution in [0.5, 0.6) is 5.75 Å². The molecule has 1 N–H and O–H groups in total. The number of nitrogens with zero attached hydrogens (tertiary/aromatic N) is 1. The summed E-state index contributed by atoms with van der Waals surface area (Å²) in [6.45, 7) is 0. The molecule has 1 amide bonds. The topological polar surface area (TPSA) is 67.8 Å². The van der Waals surface area contributed by atoms with Gasteiger partial charge in [-0.05, 0) is 60.2 Å². The van der Waals surface area contributed by atoms with Crippen LogP contribution in [0.2, 0.25) is 15.1 Å². The molecule has 0 unspecified atom stereocenters. The molecule has 0 aliphatic heterocycles. The Hall–Kier alpha value is -2.86. The summed E-state index contributed by atoms with van der Waals surface area (Å²) in [5.41, 5.74) is 3.72. The van der Waals surface area contributed by atoms with Crippen LogP contribution in [0.3, 0.4) is 0 Å². The SMILES string of the molecule is O=C(NN=Cc1cccc(OC(=O)c2ccc(Cl)cc2)c1)c1ccc(Cl)c(Cl)c1. The molecule has 0 saturated heterocycles. The first-order chi connectivity index (χ1) is 13.9. The molecule has 0 radical (unpaired) electrons. The minimum absolute atomic E-state index is 0.276. The average Bonchev–Trinajstić information content (AvgIpc) is 2.70. The smallest absolute Gasteiger partial charge is 0.343 e. The monoisotopic (exact) mass is 446 g/mol. The largest absolute Gasteiger partial charge is 0.423 e. The first-order valence-corrected chi connectivity index (χ1v) is 9.42. The lowest BCUT2D eigenvalue weighted by Gasteiger charge is -2.05. The number of carbonyl (C=O) groups excluding carboxylic acids is 2. The number of ether oxygens (including phenoxy) is 1. The number of benzene rings is 3. The molecule has 0 atom stereocenters. The molecule has 3 aromatic rings. The van der Waals surface area contributed by atoms with Crippen molar-refractivity contribution < 1.29 is 14.3 Å². The van der Waals surface area contributed by atoms with Gasteiger partial charge in [0.1, 0.15) is 5.75 Å². The number of carbonyl (C=O) groups is 2. The van der Waals surface area contributed by atoms with Crippen molar-refractivity contribution in [2.24, 2.45) is 5.10 Å². The normalized spacial score (nSPS) is 10.7. The van der Waals surface area contributed by atoms with E-state index in [-0.39, 0.29) is 5.02 Å². The van der Waals surface area contributed by atoms with Crippen molar-refractivity contribution in [2.75, 3.05) is 0 Å². The zero-order valence-electron chi connectivity index (χ0n) is 14.7. The van der Waals surface area contributed by atoms with Gasteiger partial charge in [-0.15, -0.1) is 0 Å². The molecule has 0 spiro atoms. The Morgan fingerprint density at radius 2 is 1.59 bits per heavy atom. The van der Waals surface area contributed by atoms with Crippen LogP contribution in [-0.4, -0.2) is 18.1 Å². The minimum Gasteiger partial charge on any atom is -0.423 e. The molecule has 29 heavy (non-hydrogen) atoms. The van der Waals surface area contributed by atoms with Crippen molar-refractivity contribution in [1.29, 1.82) is 0 Å². The van der Waals surface area contributed by atoms with E-state index in [1.54, 1.807) is 48.5 Å². The molecule has 0 aliphatic carbocycles. The highest BCUT2D eigenvalue weighted by molar-refractivity contribution is 6.42. The second-order valence-electron chi connectivity index (χ2n) is 5.80. The van der Waals surface area contributed by atoms with Crippen molar-refractivity contribution in [3.8, 4) is 5.75 Å². The third-order valence-corrected chi connectivity index (χ3v) is 4.70. The summed E-state index contributed by atoms with van der Waals surface area (Å²) in [5.74, 6) is -0.612. The molecular formula is C21H13Cl3N2O3. The Labute approximate surface area is 181 Å². The molecule has 5 nitrogen and oxygen atoms in total. The lowest BCUT2D eigenvalue weighted by molar-refractivity contribution is 0.0734. The third kappa shape index (κ3) is 5.81. The number of hydrogen-bond donors (Lipinski definition) is 1. The number of hydrogen-bond acceptors (Lipinski definition) is 4. The van der Waals surface area contributed by atoms with Gasteiger partial charge < -0.3 is 4.74 Å². The second kappa shape index (κ2) is 9.56. The maximum atomic E-state index is 12.2. The van der Waals surface area contributed by atoms with Gasteiger partial charge in [0.2, 0.25) is 0 Å². The van der Waals surface area contributed by atoms with Gasteiger partial charge in [0.25, 0.3) is 5.91 Å². The molecule has 3 rings (SSSR count). The van der Waals surface area contributed by atoms with Crippen LogP contribution >= 0.6 is 34.8 Å². The summed E-state index contributed by atoms with van der Waals surface area (Å²) >= 11 is 17.5. The lowest BCUT2D eigenvalue weighted by atomic mass is 10.2. The fraction of sp³-hybridized carbons (Fsp3) is 0. The molecule has 0 fully saturated rings. The second-order valence-corrected chi connectivity index (χ2v) is 7.05. The van der Waals surface area contributed by atoms with Crippen LogP contribution in [0.1, 0.15) is 26.3 Å². The van der Waals surface area contributed by atoms with Gasteiger partial charge in [0.05, 0.1) is 21.8 Å². The van der Waals surface area contributed by atoms with E-state index in [0.29, 0.717) is 32.5 Å². The maximum Gasteiger partial charge on any atom is 0.343 e. The summed E-state index contributed by atoms with van der Waals surface area (Å²) < 4.78 is 5.34. The Morgan fingerprint density at radius 1 is 0.862 bits per heavy atom. The Kier molecular flexibility index (Phi) is 6.88. The maximum absolute atomic E-state index is 12.2. The van der Waals surface area contributed by atoms with Crippen LogP contribution in [0.25, 0.3) is 0 Å². The molecule has 146 valence electrons. The van der Waals surface area contributed by atoms with Crippen molar-refractivity contribution in [3.05, 3.63) is 98.5 Å². The van der Waals surface area contributed by atoms with Gasteiger partial charge in [-0.25, -0.2) is 10.2 Å². The highest BCUT2D eigenvalue weighted by atomic mass is 35.5. The van der Waals surface area contributed by atoms with Gasteiger partial charge in [-0.3, -0.25) is 4.79 Å². The zero-order valence-corrected chi connectivity index (χ0v) is 17.0. The molecule has 0 heterocycles. The van der Waals surface area contributed by atoms with Crippen LogP contribution in [0.4, 0.5) is 0 Å². The number of halogens is 3. The Bertz CT molecular complexity index is 1080. The van der Waals surface area contributed by atoms with E-state index >= 15 is 0 Å². The van der Waals surface area contributed by atoms with Crippen LogP contribution in [0, 0.1) is 0 Å². The summed E-state index contributed by atoms with van der Waals surface area (Å²) in [5, 5.41) is 5.07. The lowest BCUT2D eigenvalue weighted by Crippen LogP contribution is -2.17. The zero-order chi connectivity index (χ0) is 20.8. The van der Waals surface area contributed by atoms with E-state index in [1.807, 2.05) is 0 Å². The molecular weight excluding hydrogens is 435 g/mol. The number of nitrogens with one attached hydrogen (secondary N) is 1. The molecule has 0 saturated carbocycles. The first kappa shape index (κ1) is 20.9. The average molecular weight is 448 g/mol. The van der Waals surface area contributed by atoms with Gasteiger partial charge >= 0.3 is 5.97 Å². The van der Waals surface area contributed by atoms with Crippen molar-refractivity contribution >= 4 is 52.9 Å². The highest BCUT2D eigenvalue weighted by Gasteiger charge is 2.09. The number of rotatable bonds is 5. The van der Waals surface area contributed by atoms with Gasteiger partial charge in [-0.1, -0.05) is 46.9 Å². The molecule has 0 bridgehead atoms. The quantitative estimate of drug-likeness (QED) is 0.238. The van der Waals surface area contributed by atoms with E-state index in [1.165, 1.54) is 24.4 Å². The molecule has 3 aromatic carbocycles. The summed E-state index contributed by atoms with van der Waals surface area (Å²) in [4.78, 5) is 24.3. The molecule has 0 aliphatic rings. The van der Waals surface area contributed by atoms with Gasteiger partial charge in [0.15, 0.2) is 0 Å². The Balaban J connectivity index is 1.63. The van der Waals surface area contributed by atoms with Crippen molar-refractivity contribution in [3.63, 3.8) is 0 Å². The van der Waals surface area contributed by atoms with Gasteiger partial charge in [-0.2, -0.15) is 5.10 Å². The Morgan fingerprint density at radius 3 is 2.31 bits per heavy atom. The highest BCUT2D eigenvalue weighted by Crippen LogP contribution is 2.22. The fourth-order valence-corrected chi connectivity index (χ4v) is 2.70. The molecule has 8 heteroatoms. The van der Waals surface area contributed by atoms with E-state index in [4.69, 9.17) is 39.5 Å². The van der Waals surface area contributed by atoms with Crippen molar-refractivity contribution in [2.45, 2.75) is 0 Å². The molecule has 0 aromatic heterocycles. The predicted octanol–water partition coefficient (Wildman–Crippen LogP) is 5.63. The van der Waals surface area contributed by atoms with E-state index < -0.39 is 11.9 Å². The third-order valence-electron chi connectivity index (χ3n) is 3.71. The predicted molar refractivity (Wildman–Crippen MR) is 114 cm³/mol. The van der Waals surface area contributed by atoms with E-state index in [0.717, 1.165) is 0 Å². The summed E-state index contributed by atoms with van der Waals surface area (Å²) in [6, 6.07) is 17.6. The number of esters is 1.